The van der Waals surface area contributed by atoms with Gasteiger partial charge in [-0.05, 0) is 62.6 Å². The maximum atomic E-state index is 5.84. The molecule has 2 heteroatoms. The lowest BCUT2D eigenvalue weighted by molar-refractivity contribution is 0.429. The van der Waals surface area contributed by atoms with Crippen LogP contribution in [0.2, 0.25) is 0 Å². The predicted molar refractivity (Wildman–Crippen MR) is 79.5 cm³/mol. The number of rotatable bonds is 5. The molecule has 0 radical (unpaired) electrons. The lowest BCUT2D eigenvalue weighted by Crippen LogP contribution is -2.24. The van der Waals surface area contributed by atoms with Crippen molar-refractivity contribution in [1.29, 1.82) is 0 Å². The highest BCUT2D eigenvalue weighted by atomic mass is 16.3. The van der Waals surface area contributed by atoms with Crippen molar-refractivity contribution < 1.29 is 4.42 Å². The minimum absolute atomic E-state index is 0.148. The van der Waals surface area contributed by atoms with Crippen LogP contribution in [-0.4, -0.2) is 6.54 Å². The summed E-state index contributed by atoms with van der Waals surface area (Å²) in [4.78, 5) is 0. The van der Waals surface area contributed by atoms with Crippen molar-refractivity contribution in [3.63, 3.8) is 0 Å². The van der Waals surface area contributed by atoms with Crippen molar-refractivity contribution in [2.24, 2.45) is 0 Å². The van der Waals surface area contributed by atoms with Crippen LogP contribution in [0.4, 0.5) is 0 Å². The van der Waals surface area contributed by atoms with Crippen LogP contribution in [0.1, 0.15) is 47.6 Å². The molecule has 0 fully saturated rings. The molecule has 1 atom stereocenters. The average molecular weight is 257 g/mol. The lowest BCUT2D eigenvalue weighted by Gasteiger charge is -2.21. The van der Waals surface area contributed by atoms with Crippen LogP contribution in [0.25, 0.3) is 0 Å². The topological polar surface area (TPSA) is 25.2 Å². The average Bonchev–Trinajstić information content (AvgIpc) is 2.79. The van der Waals surface area contributed by atoms with Gasteiger partial charge in [-0.3, -0.25) is 0 Å². The summed E-state index contributed by atoms with van der Waals surface area (Å²) in [5.41, 5.74) is 3.95. The molecule has 0 amide bonds. The van der Waals surface area contributed by atoms with Gasteiger partial charge in [0.05, 0.1) is 6.04 Å². The molecule has 1 heterocycles. The number of furan rings is 1. The number of hydrogen-bond acceptors (Lipinski definition) is 2. The van der Waals surface area contributed by atoms with E-state index in [0.717, 1.165) is 24.5 Å². The molecule has 1 unspecified atom stereocenters. The molecule has 0 saturated heterocycles. The van der Waals surface area contributed by atoms with Crippen LogP contribution in [0.3, 0.4) is 0 Å². The summed E-state index contributed by atoms with van der Waals surface area (Å²) >= 11 is 0. The first-order chi connectivity index (χ1) is 9.13. The van der Waals surface area contributed by atoms with Gasteiger partial charge in [-0.15, -0.1) is 0 Å². The number of aryl methyl sites for hydroxylation is 3. The molecule has 19 heavy (non-hydrogen) atoms. The molecule has 0 bridgehead atoms. The summed E-state index contributed by atoms with van der Waals surface area (Å²) < 4.78 is 5.84. The second-order valence-corrected chi connectivity index (χ2v) is 5.14. The Morgan fingerprint density at radius 3 is 2.26 bits per heavy atom. The zero-order valence-corrected chi connectivity index (χ0v) is 12.3. The molecule has 102 valence electrons. The molecule has 0 aliphatic carbocycles. The summed E-state index contributed by atoms with van der Waals surface area (Å²) in [6, 6.07) is 10.7. The monoisotopic (exact) mass is 257 g/mol. The van der Waals surface area contributed by atoms with Crippen LogP contribution >= 0.6 is 0 Å². The van der Waals surface area contributed by atoms with E-state index >= 15 is 0 Å². The van der Waals surface area contributed by atoms with E-state index in [-0.39, 0.29) is 6.04 Å². The molecular formula is C17H23NO. The van der Waals surface area contributed by atoms with E-state index in [1.165, 1.54) is 16.7 Å². The molecule has 1 aromatic heterocycles. The molecule has 2 nitrogen and oxygen atoms in total. The highest BCUT2D eigenvalue weighted by molar-refractivity contribution is 5.40. The van der Waals surface area contributed by atoms with Gasteiger partial charge in [0.1, 0.15) is 11.5 Å². The van der Waals surface area contributed by atoms with E-state index in [9.17, 15) is 0 Å². The zero-order valence-electron chi connectivity index (χ0n) is 12.3. The summed E-state index contributed by atoms with van der Waals surface area (Å²) in [5, 5.41) is 3.60. The van der Waals surface area contributed by atoms with Crippen LogP contribution in [0.15, 0.2) is 34.7 Å². The van der Waals surface area contributed by atoms with E-state index in [2.05, 4.69) is 50.4 Å². The third-order valence-corrected chi connectivity index (χ3v) is 3.47. The van der Waals surface area contributed by atoms with Crippen molar-refractivity contribution in [2.45, 2.75) is 40.2 Å². The Hall–Kier alpha value is -1.54. The van der Waals surface area contributed by atoms with Gasteiger partial charge in [-0.25, -0.2) is 0 Å². The number of nitrogens with one attached hydrogen (secondary N) is 1. The molecule has 1 aromatic carbocycles. The van der Waals surface area contributed by atoms with E-state index in [1.807, 2.05) is 13.0 Å². The fourth-order valence-electron chi connectivity index (χ4n) is 2.52. The van der Waals surface area contributed by atoms with Gasteiger partial charge in [-0.1, -0.05) is 25.1 Å². The molecule has 2 rings (SSSR count). The van der Waals surface area contributed by atoms with Gasteiger partial charge in [0.25, 0.3) is 0 Å². The summed E-state index contributed by atoms with van der Waals surface area (Å²) in [7, 11) is 0. The highest BCUT2D eigenvalue weighted by Gasteiger charge is 2.20. The van der Waals surface area contributed by atoms with Crippen LogP contribution < -0.4 is 5.32 Å². The van der Waals surface area contributed by atoms with Gasteiger partial charge in [-0.2, -0.15) is 0 Å². The molecule has 0 aliphatic rings. The fourth-order valence-corrected chi connectivity index (χ4v) is 2.52. The van der Waals surface area contributed by atoms with Crippen LogP contribution in [-0.2, 0) is 0 Å². The number of benzene rings is 1. The van der Waals surface area contributed by atoms with Gasteiger partial charge in [0, 0.05) is 0 Å². The van der Waals surface area contributed by atoms with Gasteiger partial charge < -0.3 is 9.73 Å². The van der Waals surface area contributed by atoms with E-state index in [4.69, 9.17) is 4.42 Å². The standard InChI is InChI=1S/C17H23NO/c1-5-11-18-17(15-10-9-14(4)19-15)16-12(2)7-6-8-13(16)3/h6-10,17-18H,5,11H2,1-4H3. The molecule has 1 N–H and O–H groups in total. The largest absolute Gasteiger partial charge is 0.464 e. The summed E-state index contributed by atoms with van der Waals surface area (Å²) in [6.07, 6.45) is 1.11. The molecule has 0 saturated carbocycles. The summed E-state index contributed by atoms with van der Waals surface area (Å²) in [5.74, 6) is 1.97. The minimum Gasteiger partial charge on any atom is -0.464 e. The van der Waals surface area contributed by atoms with Gasteiger partial charge >= 0.3 is 0 Å². The fraction of sp³-hybridized carbons (Fsp3) is 0.412. The van der Waals surface area contributed by atoms with Crippen molar-refractivity contribution in [3.05, 3.63) is 58.5 Å². The Morgan fingerprint density at radius 2 is 1.74 bits per heavy atom. The lowest BCUT2D eigenvalue weighted by atomic mass is 9.94. The first-order valence-corrected chi connectivity index (χ1v) is 6.99. The third kappa shape index (κ3) is 3.07. The van der Waals surface area contributed by atoms with E-state index in [0.29, 0.717) is 0 Å². The number of hydrogen-bond donors (Lipinski definition) is 1. The summed E-state index contributed by atoms with van der Waals surface area (Å²) in [6.45, 7) is 9.49. The smallest absolute Gasteiger partial charge is 0.125 e. The zero-order chi connectivity index (χ0) is 13.8. The highest BCUT2D eigenvalue weighted by Crippen LogP contribution is 2.29. The van der Waals surface area contributed by atoms with Crippen molar-refractivity contribution >= 4 is 0 Å². The Kier molecular flexibility index (Phi) is 4.43. The predicted octanol–water partition coefficient (Wildman–Crippen LogP) is 4.29. The maximum absolute atomic E-state index is 5.84. The molecular weight excluding hydrogens is 234 g/mol. The second kappa shape index (κ2) is 6.07. The SMILES string of the molecule is CCCNC(c1ccc(C)o1)c1c(C)cccc1C. The first kappa shape index (κ1) is 13.9. The van der Waals surface area contributed by atoms with Crippen molar-refractivity contribution in [1.82, 2.24) is 5.32 Å². The Balaban J connectivity index is 2.42. The Bertz CT molecular complexity index is 522. The van der Waals surface area contributed by atoms with E-state index in [1.54, 1.807) is 0 Å². The van der Waals surface area contributed by atoms with Crippen molar-refractivity contribution in [3.8, 4) is 0 Å². The van der Waals surface area contributed by atoms with Crippen molar-refractivity contribution in [2.75, 3.05) is 6.54 Å². The first-order valence-electron chi connectivity index (χ1n) is 6.99. The molecule has 0 aliphatic heterocycles. The van der Waals surface area contributed by atoms with E-state index < -0.39 is 0 Å². The minimum atomic E-state index is 0.148. The Morgan fingerprint density at radius 1 is 1.05 bits per heavy atom. The Labute approximate surface area is 115 Å². The second-order valence-electron chi connectivity index (χ2n) is 5.14. The van der Waals surface area contributed by atoms with Gasteiger partial charge in [0.15, 0.2) is 0 Å². The third-order valence-electron chi connectivity index (χ3n) is 3.47. The molecule has 0 spiro atoms. The molecule has 2 aromatic rings. The van der Waals surface area contributed by atoms with Crippen LogP contribution in [0.5, 0.6) is 0 Å². The van der Waals surface area contributed by atoms with Crippen LogP contribution in [0, 0.1) is 20.8 Å². The van der Waals surface area contributed by atoms with Gasteiger partial charge in [0.2, 0.25) is 0 Å². The normalized spacial score (nSPS) is 12.6. The maximum Gasteiger partial charge on any atom is 0.125 e. The quantitative estimate of drug-likeness (QED) is 0.864.